The summed E-state index contributed by atoms with van der Waals surface area (Å²) in [4.78, 5) is 12.2. The number of carbonyl (C=O) groups excluding carboxylic acids is 1. The van der Waals surface area contributed by atoms with E-state index in [9.17, 15) is 13.2 Å². The summed E-state index contributed by atoms with van der Waals surface area (Å²) in [7, 11) is 1.84. The molecule has 1 aromatic heterocycles. The molecular formula is C21H39F3N4O. The minimum atomic E-state index is -1.75. The molecule has 2 rings (SSSR count). The van der Waals surface area contributed by atoms with Crippen molar-refractivity contribution in [2.24, 2.45) is 11.7 Å². The van der Waals surface area contributed by atoms with Gasteiger partial charge in [-0.25, -0.2) is 18.2 Å². The van der Waals surface area contributed by atoms with Crippen LogP contribution >= 0.6 is 0 Å². The Bertz CT molecular complexity index is 617. The minimum Gasteiger partial charge on any atom is -0.388 e. The molecule has 0 radical (unpaired) electrons. The van der Waals surface area contributed by atoms with E-state index in [4.69, 9.17) is 10.5 Å². The van der Waals surface area contributed by atoms with E-state index in [-0.39, 0.29) is 17.0 Å². The molecule has 0 saturated carbocycles. The molecule has 0 aliphatic heterocycles. The maximum atomic E-state index is 11.9. The van der Waals surface area contributed by atoms with Crippen molar-refractivity contribution in [2.45, 2.75) is 33.5 Å². The van der Waals surface area contributed by atoms with Crippen molar-refractivity contribution in [3.05, 3.63) is 53.7 Å². The second-order valence-corrected chi connectivity index (χ2v) is 6.22. The molecular weight excluding hydrogens is 381 g/mol. The highest BCUT2D eigenvalue weighted by Crippen LogP contribution is 2.13. The standard InChI is InChI=1S/C11H19N3.C8H10FN.CH2F2.CH2O.3H2/c1-8(2)7-14-11-6-10(9(3)12)4-5-13-11;1-10-8-4-2-7(6-9)3-5-8;2-1-3;1-2;;;/h4-6,8-9H,7,12H2,1-3H3,(H,13,14);2-5,10H,6H2,1H3;1H2;1H2;3*1H. The summed E-state index contributed by atoms with van der Waals surface area (Å²) < 4.78 is 31.2. The van der Waals surface area contributed by atoms with Gasteiger partial charge in [0.2, 0.25) is 6.93 Å². The number of nitrogens with zero attached hydrogens (tertiary/aromatic N) is 1. The Balaban J connectivity index is -0.000000120. The van der Waals surface area contributed by atoms with Gasteiger partial charge in [0.1, 0.15) is 19.3 Å². The monoisotopic (exact) mass is 420 g/mol. The molecule has 8 heteroatoms. The van der Waals surface area contributed by atoms with Gasteiger partial charge in [-0.1, -0.05) is 26.0 Å². The van der Waals surface area contributed by atoms with Crippen LogP contribution in [0.1, 0.15) is 42.2 Å². The zero-order chi connectivity index (χ0) is 22.7. The normalized spacial score (nSPS) is 10.2. The average Bonchev–Trinajstić information content (AvgIpc) is 2.75. The Labute approximate surface area is 176 Å². The van der Waals surface area contributed by atoms with Crippen LogP contribution in [0.15, 0.2) is 42.6 Å². The lowest BCUT2D eigenvalue weighted by atomic mass is 10.1. The lowest BCUT2D eigenvalue weighted by Gasteiger charge is -2.10. The van der Waals surface area contributed by atoms with Gasteiger partial charge >= 0.3 is 0 Å². The van der Waals surface area contributed by atoms with E-state index in [2.05, 4.69) is 29.5 Å². The van der Waals surface area contributed by atoms with Crippen molar-refractivity contribution in [2.75, 3.05) is 31.2 Å². The summed E-state index contributed by atoms with van der Waals surface area (Å²) in [6.07, 6.45) is 1.79. The van der Waals surface area contributed by atoms with Crippen LogP contribution in [0.4, 0.5) is 24.7 Å². The van der Waals surface area contributed by atoms with Crippen LogP contribution in [-0.4, -0.2) is 32.3 Å². The SMILES string of the molecule is C=O.CC(C)CNc1cc(C(C)N)ccn1.CNc1ccc(CF)cc1.FCF.[HH].[HH].[HH]. The summed E-state index contributed by atoms with van der Waals surface area (Å²) in [6.45, 7) is 7.12. The van der Waals surface area contributed by atoms with E-state index in [0.717, 1.165) is 29.2 Å². The van der Waals surface area contributed by atoms with Gasteiger partial charge in [-0.3, -0.25) is 0 Å². The van der Waals surface area contributed by atoms with Crippen LogP contribution in [0, 0.1) is 5.92 Å². The van der Waals surface area contributed by atoms with Crippen LogP contribution < -0.4 is 16.4 Å². The molecule has 4 N–H and O–H groups in total. The first-order valence-corrected chi connectivity index (χ1v) is 9.06. The molecule has 5 nitrogen and oxygen atoms in total. The van der Waals surface area contributed by atoms with E-state index >= 15 is 0 Å². The number of benzene rings is 1. The van der Waals surface area contributed by atoms with Gasteiger partial charge in [0.15, 0.2) is 0 Å². The predicted molar refractivity (Wildman–Crippen MR) is 122 cm³/mol. The number of alkyl halides is 3. The van der Waals surface area contributed by atoms with Gasteiger partial charge in [-0.05, 0) is 48.2 Å². The molecule has 0 amide bonds. The number of rotatable bonds is 6. The summed E-state index contributed by atoms with van der Waals surface area (Å²) >= 11 is 0. The van der Waals surface area contributed by atoms with E-state index in [0.29, 0.717) is 5.92 Å². The number of carbonyl (C=O) groups is 1. The number of nitrogens with one attached hydrogen (secondary N) is 2. The number of pyridine rings is 1. The highest BCUT2D eigenvalue weighted by molar-refractivity contribution is 5.43. The van der Waals surface area contributed by atoms with Crippen molar-refractivity contribution < 1.29 is 22.2 Å². The molecule has 0 saturated heterocycles. The van der Waals surface area contributed by atoms with Gasteiger partial charge in [0.05, 0.1) is 0 Å². The Morgan fingerprint density at radius 3 is 2.07 bits per heavy atom. The zero-order valence-corrected chi connectivity index (χ0v) is 17.6. The van der Waals surface area contributed by atoms with Crippen molar-refractivity contribution >= 4 is 18.3 Å². The maximum Gasteiger partial charge on any atom is 0.229 e. The Hall–Kier alpha value is -2.61. The lowest BCUT2D eigenvalue weighted by Crippen LogP contribution is -2.11. The van der Waals surface area contributed by atoms with E-state index in [1.54, 1.807) is 18.3 Å². The number of nitrogens with two attached hydrogens (primary N) is 1. The minimum absolute atomic E-state index is 0. The van der Waals surface area contributed by atoms with Gasteiger partial charge < -0.3 is 21.2 Å². The third-order valence-electron chi connectivity index (χ3n) is 3.40. The Kier molecular flexibility index (Phi) is 18.5. The summed E-state index contributed by atoms with van der Waals surface area (Å²) in [5.74, 6) is 1.53. The number of aromatic nitrogens is 1. The van der Waals surface area contributed by atoms with E-state index in [1.165, 1.54) is 0 Å². The van der Waals surface area contributed by atoms with Gasteiger partial charge in [-0.2, -0.15) is 0 Å². The molecule has 1 atom stereocenters. The van der Waals surface area contributed by atoms with Gasteiger partial charge in [-0.15, -0.1) is 0 Å². The fourth-order valence-corrected chi connectivity index (χ4v) is 1.90. The van der Waals surface area contributed by atoms with Crippen molar-refractivity contribution in [3.8, 4) is 0 Å². The predicted octanol–water partition coefficient (Wildman–Crippen LogP) is 5.80. The average molecular weight is 421 g/mol. The van der Waals surface area contributed by atoms with Gasteiger partial charge in [0.25, 0.3) is 0 Å². The topological polar surface area (TPSA) is 80.0 Å². The first-order chi connectivity index (χ1) is 13.9. The lowest BCUT2D eigenvalue weighted by molar-refractivity contribution is -0.0979. The molecule has 170 valence electrons. The van der Waals surface area contributed by atoms with Gasteiger partial charge in [0, 0.05) is 35.8 Å². The Morgan fingerprint density at radius 1 is 1.10 bits per heavy atom. The summed E-state index contributed by atoms with van der Waals surface area (Å²) in [5.41, 5.74) is 8.63. The van der Waals surface area contributed by atoms with Crippen LogP contribution in [0.25, 0.3) is 0 Å². The number of hydrogen-bond donors (Lipinski definition) is 3. The van der Waals surface area contributed by atoms with E-state index < -0.39 is 6.93 Å². The van der Waals surface area contributed by atoms with Crippen LogP contribution in [0.2, 0.25) is 0 Å². The van der Waals surface area contributed by atoms with Crippen LogP contribution in [0.3, 0.4) is 0 Å². The second kappa shape index (κ2) is 18.7. The third-order valence-corrected chi connectivity index (χ3v) is 3.40. The quantitative estimate of drug-likeness (QED) is 0.550. The number of anilines is 2. The zero-order valence-electron chi connectivity index (χ0n) is 17.6. The summed E-state index contributed by atoms with van der Waals surface area (Å²) in [6, 6.07) is 11.3. The molecule has 0 fully saturated rings. The number of hydrogen-bond acceptors (Lipinski definition) is 5. The third kappa shape index (κ3) is 15.0. The molecule has 0 aliphatic carbocycles. The molecule has 1 heterocycles. The van der Waals surface area contributed by atoms with Crippen LogP contribution in [-0.2, 0) is 11.5 Å². The smallest absolute Gasteiger partial charge is 0.229 e. The molecule has 0 spiro atoms. The molecule has 1 unspecified atom stereocenters. The second-order valence-electron chi connectivity index (χ2n) is 6.22. The largest absolute Gasteiger partial charge is 0.388 e. The fourth-order valence-electron chi connectivity index (χ4n) is 1.90. The van der Waals surface area contributed by atoms with Crippen molar-refractivity contribution in [1.82, 2.24) is 4.98 Å². The summed E-state index contributed by atoms with van der Waals surface area (Å²) in [5, 5.41) is 6.23. The fraction of sp³-hybridized carbons (Fsp3) is 0.429. The van der Waals surface area contributed by atoms with Crippen LogP contribution in [0.5, 0.6) is 0 Å². The molecule has 0 bridgehead atoms. The molecule has 0 aliphatic rings. The Morgan fingerprint density at radius 2 is 1.66 bits per heavy atom. The molecule has 1 aromatic carbocycles. The molecule has 2 aromatic rings. The van der Waals surface area contributed by atoms with Crippen molar-refractivity contribution in [1.29, 1.82) is 0 Å². The number of halogens is 3. The highest BCUT2D eigenvalue weighted by Gasteiger charge is 2.01. The maximum absolute atomic E-state index is 11.9. The first-order valence-electron chi connectivity index (χ1n) is 9.06. The van der Waals surface area contributed by atoms with Crippen molar-refractivity contribution in [3.63, 3.8) is 0 Å². The highest BCUT2D eigenvalue weighted by atomic mass is 19.3. The first kappa shape index (κ1) is 28.6. The molecule has 29 heavy (non-hydrogen) atoms. The van der Waals surface area contributed by atoms with E-state index in [1.807, 2.05) is 45.0 Å².